The Morgan fingerprint density at radius 3 is 2.50 bits per heavy atom. The van der Waals surface area contributed by atoms with Crippen molar-refractivity contribution in [2.75, 3.05) is 40.0 Å². The molecule has 118 valence electrons. The molecule has 0 amide bonds. The summed E-state index contributed by atoms with van der Waals surface area (Å²) in [4.78, 5) is 2.20. The SMILES string of the molecule is CO[C@H]1C[C@@H](CN(C)S(=O)(=O)CC2CCCC2)N(C)C1. The first-order chi connectivity index (χ1) is 9.42. The standard InChI is InChI=1S/C14H28N2O3S/c1-15-10-14(19-3)8-13(15)9-16(2)20(17,18)11-12-6-4-5-7-12/h12-14H,4-11H2,1-3H3/t13-,14-/m0/s1. The Hall–Kier alpha value is -0.170. The zero-order valence-corrected chi connectivity index (χ0v) is 13.7. The number of likely N-dealkylation sites (N-methyl/N-ethyl adjacent to an activating group) is 2. The first kappa shape index (κ1) is 16.2. The molecule has 1 aliphatic carbocycles. The lowest BCUT2D eigenvalue weighted by Gasteiger charge is -2.26. The van der Waals surface area contributed by atoms with E-state index >= 15 is 0 Å². The van der Waals surface area contributed by atoms with Crippen LogP contribution in [0.1, 0.15) is 32.1 Å². The molecule has 0 aromatic heterocycles. The van der Waals surface area contributed by atoms with Gasteiger partial charge >= 0.3 is 0 Å². The van der Waals surface area contributed by atoms with Gasteiger partial charge in [0.1, 0.15) is 0 Å². The first-order valence-corrected chi connectivity index (χ1v) is 9.20. The predicted molar refractivity (Wildman–Crippen MR) is 80.2 cm³/mol. The summed E-state index contributed by atoms with van der Waals surface area (Å²) in [6.45, 7) is 1.46. The predicted octanol–water partition coefficient (Wildman–Crippen LogP) is 1.16. The Labute approximate surface area is 123 Å². The monoisotopic (exact) mass is 304 g/mol. The fourth-order valence-corrected chi connectivity index (χ4v) is 5.01. The van der Waals surface area contributed by atoms with Crippen molar-refractivity contribution in [2.45, 2.75) is 44.2 Å². The van der Waals surface area contributed by atoms with Gasteiger partial charge in [-0.25, -0.2) is 12.7 Å². The highest BCUT2D eigenvalue weighted by atomic mass is 32.2. The Morgan fingerprint density at radius 1 is 1.30 bits per heavy atom. The molecule has 2 fully saturated rings. The van der Waals surface area contributed by atoms with Crippen molar-refractivity contribution in [1.82, 2.24) is 9.21 Å². The highest BCUT2D eigenvalue weighted by Gasteiger charge is 2.33. The van der Waals surface area contributed by atoms with Gasteiger partial charge in [-0.15, -0.1) is 0 Å². The van der Waals surface area contributed by atoms with Gasteiger partial charge in [-0.3, -0.25) is 4.90 Å². The fourth-order valence-electron chi connectivity index (χ4n) is 3.43. The third-order valence-electron chi connectivity index (χ3n) is 4.85. The Balaban J connectivity index is 1.88. The molecule has 0 radical (unpaired) electrons. The summed E-state index contributed by atoms with van der Waals surface area (Å²) >= 11 is 0. The summed E-state index contributed by atoms with van der Waals surface area (Å²) < 4.78 is 31.8. The largest absolute Gasteiger partial charge is 0.380 e. The first-order valence-electron chi connectivity index (χ1n) is 7.59. The van der Waals surface area contributed by atoms with Crippen LogP contribution >= 0.6 is 0 Å². The molecule has 2 aliphatic rings. The van der Waals surface area contributed by atoms with Crippen molar-refractivity contribution in [2.24, 2.45) is 5.92 Å². The summed E-state index contributed by atoms with van der Waals surface area (Å²) in [6.07, 6.45) is 5.66. The van der Waals surface area contributed by atoms with Crippen molar-refractivity contribution in [3.63, 3.8) is 0 Å². The second-order valence-electron chi connectivity index (χ2n) is 6.40. The zero-order valence-electron chi connectivity index (χ0n) is 12.9. The molecule has 0 aromatic rings. The van der Waals surface area contributed by atoms with Gasteiger partial charge in [-0.2, -0.15) is 0 Å². The molecule has 20 heavy (non-hydrogen) atoms. The van der Waals surface area contributed by atoms with Gasteiger partial charge in [0, 0.05) is 33.3 Å². The van der Waals surface area contributed by atoms with E-state index in [1.165, 1.54) is 12.8 Å². The van der Waals surface area contributed by atoms with Crippen LogP contribution in [-0.2, 0) is 14.8 Å². The third kappa shape index (κ3) is 3.93. The van der Waals surface area contributed by atoms with Crippen LogP contribution in [0, 0.1) is 5.92 Å². The van der Waals surface area contributed by atoms with Crippen molar-refractivity contribution >= 4 is 10.0 Å². The molecule has 1 saturated carbocycles. The molecular formula is C14H28N2O3S. The Kier molecular flexibility index (Phi) is 5.45. The molecular weight excluding hydrogens is 276 g/mol. The van der Waals surface area contributed by atoms with Crippen LogP contribution in [0.4, 0.5) is 0 Å². The number of nitrogens with zero attached hydrogens (tertiary/aromatic N) is 2. The van der Waals surface area contributed by atoms with Crippen molar-refractivity contribution in [3.8, 4) is 0 Å². The molecule has 0 unspecified atom stereocenters. The minimum Gasteiger partial charge on any atom is -0.380 e. The highest BCUT2D eigenvalue weighted by Crippen LogP contribution is 2.27. The summed E-state index contributed by atoms with van der Waals surface area (Å²) in [7, 11) is 2.37. The van der Waals surface area contributed by atoms with E-state index in [0.29, 0.717) is 18.2 Å². The smallest absolute Gasteiger partial charge is 0.214 e. The van der Waals surface area contributed by atoms with E-state index in [0.717, 1.165) is 25.8 Å². The van der Waals surface area contributed by atoms with Crippen molar-refractivity contribution in [3.05, 3.63) is 0 Å². The number of ether oxygens (including phenoxy) is 1. The maximum absolute atomic E-state index is 12.4. The topological polar surface area (TPSA) is 49.9 Å². The van der Waals surface area contributed by atoms with Crippen molar-refractivity contribution in [1.29, 1.82) is 0 Å². The van der Waals surface area contributed by atoms with Gasteiger partial charge in [0.25, 0.3) is 0 Å². The molecule has 0 N–H and O–H groups in total. The lowest BCUT2D eigenvalue weighted by atomic mass is 10.1. The van der Waals surface area contributed by atoms with Crippen molar-refractivity contribution < 1.29 is 13.2 Å². The molecule has 0 aromatic carbocycles. The number of sulfonamides is 1. The van der Waals surface area contributed by atoms with Gasteiger partial charge in [0.05, 0.1) is 11.9 Å². The summed E-state index contributed by atoms with van der Waals surface area (Å²) in [5.41, 5.74) is 0. The van der Waals surface area contributed by atoms with Crippen LogP contribution in [0.15, 0.2) is 0 Å². The Bertz CT molecular complexity index is 407. The minimum absolute atomic E-state index is 0.232. The fraction of sp³-hybridized carbons (Fsp3) is 1.00. The maximum atomic E-state index is 12.4. The molecule has 6 heteroatoms. The maximum Gasteiger partial charge on any atom is 0.214 e. The van der Waals surface area contributed by atoms with E-state index in [2.05, 4.69) is 4.90 Å². The van der Waals surface area contributed by atoms with Crippen LogP contribution in [0.25, 0.3) is 0 Å². The second-order valence-corrected chi connectivity index (χ2v) is 8.52. The third-order valence-corrected chi connectivity index (χ3v) is 6.84. The molecule has 2 rings (SSSR count). The molecule has 0 spiro atoms. The van der Waals surface area contributed by atoms with E-state index in [-0.39, 0.29) is 12.1 Å². The number of hydrogen-bond donors (Lipinski definition) is 0. The van der Waals surface area contributed by atoms with Crippen LogP contribution in [0.3, 0.4) is 0 Å². The van der Waals surface area contributed by atoms with Crippen LogP contribution in [-0.4, -0.2) is 69.8 Å². The van der Waals surface area contributed by atoms with E-state index in [4.69, 9.17) is 4.74 Å². The number of rotatable bonds is 6. The van der Waals surface area contributed by atoms with E-state index in [1.807, 2.05) is 7.05 Å². The average Bonchev–Trinajstić information content (AvgIpc) is 2.99. The molecule has 1 saturated heterocycles. The summed E-state index contributed by atoms with van der Waals surface area (Å²) in [6, 6.07) is 0.267. The van der Waals surface area contributed by atoms with Crippen LogP contribution in [0.5, 0.6) is 0 Å². The summed E-state index contributed by atoms with van der Waals surface area (Å²) in [5.74, 6) is 0.698. The second kappa shape index (κ2) is 6.73. The van der Waals surface area contributed by atoms with E-state index in [1.54, 1.807) is 18.5 Å². The normalized spacial score (nSPS) is 29.6. The molecule has 0 bridgehead atoms. The number of hydrogen-bond acceptors (Lipinski definition) is 4. The zero-order chi connectivity index (χ0) is 14.8. The lowest BCUT2D eigenvalue weighted by molar-refractivity contribution is 0.111. The van der Waals surface area contributed by atoms with Crippen LogP contribution < -0.4 is 0 Å². The number of methoxy groups -OCH3 is 1. The highest BCUT2D eigenvalue weighted by molar-refractivity contribution is 7.89. The molecule has 2 atom stereocenters. The molecule has 5 nitrogen and oxygen atoms in total. The molecule has 1 heterocycles. The quantitative estimate of drug-likeness (QED) is 0.739. The van der Waals surface area contributed by atoms with Gasteiger partial charge in [-0.05, 0) is 32.2 Å². The van der Waals surface area contributed by atoms with E-state index in [9.17, 15) is 8.42 Å². The Morgan fingerprint density at radius 2 is 1.95 bits per heavy atom. The number of likely N-dealkylation sites (tertiary alicyclic amines) is 1. The van der Waals surface area contributed by atoms with Gasteiger partial charge in [0.2, 0.25) is 10.0 Å². The van der Waals surface area contributed by atoms with Gasteiger partial charge in [0.15, 0.2) is 0 Å². The minimum atomic E-state index is -3.11. The van der Waals surface area contributed by atoms with Crippen LogP contribution in [0.2, 0.25) is 0 Å². The average molecular weight is 304 g/mol. The molecule has 1 aliphatic heterocycles. The van der Waals surface area contributed by atoms with Gasteiger partial charge in [-0.1, -0.05) is 12.8 Å². The van der Waals surface area contributed by atoms with Gasteiger partial charge < -0.3 is 4.74 Å². The summed E-state index contributed by atoms with van der Waals surface area (Å²) in [5, 5.41) is 0. The lowest BCUT2D eigenvalue weighted by Crippen LogP contribution is -2.41. The van der Waals surface area contributed by atoms with E-state index < -0.39 is 10.0 Å².